The Morgan fingerprint density at radius 2 is 1.78 bits per heavy atom. The van der Waals surface area contributed by atoms with Crippen LogP contribution in [0.2, 0.25) is 0 Å². The molecule has 0 spiro atoms. The zero-order chi connectivity index (χ0) is 13.9. The molecule has 0 aliphatic carbocycles. The van der Waals surface area contributed by atoms with E-state index < -0.39 is 0 Å². The molecule has 0 bridgehead atoms. The standard InChI is InChI=1S/C15H22O3/c1-10(16)7-11-8-12(15(2,3)4)9-13(17-5)14(11)18-6/h8-9H,7H2,1-6H3. The van der Waals surface area contributed by atoms with Gasteiger partial charge in [-0.05, 0) is 24.0 Å². The highest BCUT2D eigenvalue weighted by molar-refractivity contribution is 5.79. The van der Waals surface area contributed by atoms with Crippen LogP contribution in [-0.2, 0) is 16.6 Å². The largest absolute Gasteiger partial charge is 0.493 e. The average molecular weight is 250 g/mol. The summed E-state index contributed by atoms with van der Waals surface area (Å²) in [4.78, 5) is 11.3. The number of carbonyl (C=O) groups excluding carboxylic acids is 1. The Morgan fingerprint density at radius 3 is 2.17 bits per heavy atom. The van der Waals surface area contributed by atoms with Gasteiger partial charge in [0.1, 0.15) is 5.78 Å². The SMILES string of the molecule is COc1cc(C(C)(C)C)cc(CC(C)=O)c1OC. The normalized spacial score (nSPS) is 11.2. The van der Waals surface area contributed by atoms with Crippen LogP contribution >= 0.6 is 0 Å². The fourth-order valence-electron chi connectivity index (χ4n) is 1.88. The number of ketones is 1. The van der Waals surface area contributed by atoms with E-state index >= 15 is 0 Å². The Hall–Kier alpha value is -1.51. The van der Waals surface area contributed by atoms with Gasteiger partial charge in [-0.1, -0.05) is 26.8 Å². The molecule has 0 N–H and O–H groups in total. The number of carbonyl (C=O) groups is 1. The molecule has 1 rings (SSSR count). The zero-order valence-electron chi connectivity index (χ0n) is 12.1. The van der Waals surface area contributed by atoms with Gasteiger partial charge in [0.2, 0.25) is 0 Å². The fourth-order valence-corrected chi connectivity index (χ4v) is 1.88. The molecule has 0 atom stereocenters. The first kappa shape index (κ1) is 14.6. The van der Waals surface area contributed by atoms with Gasteiger partial charge >= 0.3 is 0 Å². The molecule has 3 heteroatoms. The number of hydrogen-bond donors (Lipinski definition) is 0. The topological polar surface area (TPSA) is 35.5 Å². The maximum Gasteiger partial charge on any atom is 0.164 e. The molecule has 0 aromatic heterocycles. The summed E-state index contributed by atoms with van der Waals surface area (Å²) in [7, 11) is 3.21. The van der Waals surface area contributed by atoms with Gasteiger partial charge in [-0.25, -0.2) is 0 Å². The Morgan fingerprint density at radius 1 is 1.17 bits per heavy atom. The van der Waals surface area contributed by atoms with Crippen molar-refractivity contribution >= 4 is 5.78 Å². The quantitative estimate of drug-likeness (QED) is 0.823. The van der Waals surface area contributed by atoms with Crippen molar-refractivity contribution < 1.29 is 14.3 Å². The average Bonchev–Trinajstić information content (AvgIpc) is 2.25. The van der Waals surface area contributed by atoms with Crippen molar-refractivity contribution in [3.8, 4) is 11.5 Å². The smallest absolute Gasteiger partial charge is 0.164 e. The minimum Gasteiger partial charge on any atom is -0.493 e. The van der Waals surface area contributed by atoms with E-state index in [0.717, 1.165) is 11.1 Å². The van der Waals surface area contributed by atoms with Gasteiger partial charge in [0, 0.05) is 12.0 Å². The first-order chi connectivity index (χ1) is 8.29. The third-order valence-electron chi connectivity index (χ3n) is 2.86. The summed E-state index contributed by atoms with van der Waals surface area (Å²) in [5.41, 5.74) is 2.02. The third kappa shape index (κ3) is 3.25. The lowest BCUT2D eigenvalue weighted by atomic mass is 9.85. The Bertz CT molecular complexity index is 442. The number of hydrogen-bond acceptors (Lipinski definition) is 3. The lowest BCUT2D eigenvalue weighted by molar-refractivity contribution is -0.116. The van der Waals surface area contributed by atoms with Gasteiger partial charge in [-0.3, -0.25) is 4.79 Å². The van der Waals surface area contributed by atoms with Crippen LogP contribution in [0, 0.1) is 0 Å². The van der Waals surface area contributed by atoms with E-state index in [9.17, 15) is 4.79 Å². The van der Waals surface area contributed by atoms with Gasteiger partial charge in [-0.15, -0.1) is 0 Å². The molecule has 0 unspecified atom stereocenters. The van der Waals surface area contributed by atoms with Crippen molar-refractivity contribution in [3.63, 3.8) is 0 Å². The number of rotatable bonds is 4. The van der Waals surface area contributed by atoms with E-state index in [-0.39, 0.29) is 11.2 Å². The molecule has 0 amide bonds. The zero-order valence-corrected chi connectivity index (χ0v) is 12.1. The van der Waals surface area contributed by atoms with E-state index in [4.69, 9.17) is 9.47 Å². The molecule has 0 fully saturated rings. The highest BCUT2D eigenvalue weighted by atomic mass is 16.5. The molecule has 1 aromatic carbocycles. The third-order valence-corrected chi connectivity index (χ3v) is 2.86. The second-order valence-corrected chi connectivity index (χ2v) is 5.50. The Labute approximate surface area is 109 Å². The summed E-state index contributed by atoms with van der Waals surface area (Å²) in [5.74, 6) is 1.45. The minimum atomic E-state index is 0.00505. The van der Waals surface area contributed by atoms with Crippen molar-refractivity contribution in [3.05, 3.63) is 23.3 Å². The molecule has 18 heavy (non-hydrogen) atoms. The monoisotopic (exact) mass is 250 g/mol. The fraction of sp³-hybridized carbons (Fsp3) is 0.533. The predicted molar refractivity (Wildman–Crippen MR) is 72.6 cm³/mol. The molecule has 0 heterocycles. The summed E-state index contributed by atoms with van der Waals surface area (Å²) in [6, 6.07) is 4.01. The molecule has 0 saturated carbocycles. The first-order valence-electron chi connectivity index (χ1n) is 6.04. The van der Waals surface area contributed by atoms with Crippen LogP contribution in [0.1, 0.15) is 38.8 Å². The number of Topliss-reactive ketones (excluding diaryl/α,β-unsaturated/α-hetero) is 1. The van der Waals surface area contributed by atoms with E-state index in [2.05, 4.69) is 20.8 Å². The van der Waals surface area contributed by atoms with E-state index in [1.54, 1.807) is 21.1 Å². The van der Waals surface area contributed by atoms with Crippen molar-refractivity contribution in [2.45, 2.75) is 39.5 Å². The summed E-state index contributed by atoms with van der Waals surface area (Å²) in [5, 5.41) is 0. The lowest BCUT2D eigenvalue weighted by Gasteiger charge is -2.22. The van der Waals surface area contributed by atoms with Crippen LogP contribution in [0.3, 0.4) is 0 Å². The van der Waals surface area contributed by atoms with Crippen LogP contribution < -0.4 is 9.47 Å². The number of ether oxygens (including phenoxy) is 2. The Balaban J connectivity index is 3.40. The van der Waals surface area contributed by atoms with E-state index in [0.29, 0.717) is 17.9 Å². The number of methoxy groups -OCH3 is 2. The molecule has 3 nitrogen and oxygen atoms in total. The second-order valence-electron chi connectivity index (χ2n) is 5.50. The Kier molecular flexibility index (Phi) is 4.38. The van der Waals surface area contributed by atoms with Gasteiger partial charge < -0.3 is 9.47 Å². The summed E-state index contributed by atoms with van der Waals surface area (Å²) in [6.45, 7) is 7.97. The van der Waals surface area contributed by atoms with Crippen LogP contribution in [-0.4, -0.2) is 20.0 Å². The van der Waals surface area contributed by atoms with Crippen LogP contribution in [0.4, 0.5) is 0 Å². The molecule has 0 aliphatic rings. The van der Waals surface area contributed by atoms with Crippen molar-refractivity contribution in [1.29, 1.82) is 0 Å². The van der Waals surface area contributed by atoms with E-state index in [1.165, 1.54) is 0 Å². The van der Waals surface area contributed by atoms with Crippen molar-refractivity contribution in [2.75, 3.05) is 14.2 Å². The lowest BCUT2D eigenvalue weighted by Crippen LogP contribution is -2.13. The van der Waals surface area contributed by atoms with Crippen LogP contribution in [0.25, 0.3) is 0 Å². The minimum absolute atomic E-state index is 0.00505. The first-order valence-corrected chi connectivity index (χ1v) is 6.04. The van der Waals surface area contributed by atoms with Gasteiger partial charge in [0.05, 0.1) is 14.2 Å². The highest BCUT2D eigenvalue weighted by Crippen LogP contribution is 2.36. The molecule has 0 saturated heterocycles. The molecule has 0 radical (unpaired) electrons. The summed E-state index contributed by atoms with van der Waals surface area (Å²) in [6.07, 6.45) is 0.365. The molecular formula is C15H22O3. The van der Waals surface area contributed by atoms with Crippen molar-refractivity contribution in [1.82, 2.24) is 0 Å². The van der Waals surface area contributed by atoms with Crippen molar-refractivity contribution in [2.24, 2.45) is 0 Å². The van der Waals surface area contributed by atoms with Gasteiger partial charge in [0.25, 0.3) is 0 Å². The van der Waals surface area contributed by atoms with Gasteiger partial charge in [0.15, 0.2) is 11.5 Å². The molecule has 100 valence electrons. The summed E-state index contributed by atoms with van der Waals surface area (Å²) < 4.78 is 10.7. The highest BCUT2D eigenvalue weighted by Gasteiger charge is 2.20. The van der Waals surface area contributed by atoms with Crippen LogP contribution in [0.15, 0.2) is 12.1 Å². The maximum absolute atomic E-state index is 11.3. The van der Waals surface area contributed by atoms with E-state index in [1.807, 2.05) is 12.1 Å². The molecule has 1 aromatic rings. The summed E-state index contributed by atoms with van der Waals surface area (Å²) >= 11 is 0. The maximum atomic E-state index is 11.3. The second kappa shape index (κ2) is 5.42. The predicted octanol–water partition coefficient (Wildman–Crippen LogP) is 3.13. The molecule has 0 aliphatic heterocycles. The number of benzene rings is 1. The van der Waals surface area contributed by atoms with Crippen LogP contribution in [0.5, 0.6) is 11.5 Å². The molecular weight excluding hydrogens is 228 g/mol. The van der Waals surface area contributed by atoms with Gasteiger partial charge in [-0.2, -0.15) is 0 Å².